The summed E-state index contributed by atoms with van der Waals surface area (Å²) < 4.78 is 19.6. The number of aromatic nitrogens is 1. The standard InChI is InChI=1S/C16H19FN2O/c1-10-8-11(2)14(13(17)9-10)15(18-3)12-6-5-7-19-16(12)20-4/h5-9,15,18H,1-4H3. The highest BCUT2D eigenvalue weighted by Gasteiger charge is 2.22. The normalized spacial score (nSPS) is 12.2. The fourth-order valence-electron chi connectivity index (χ4n) is 2.54. The molecule has 2 aromatic rings. The zero-order valence-electron chi connectivity index (χ0n) is 12.2. The van der Waals surface area contributed by atoms with E-state index in [0.29, 0.717) is 11.4 Å². The molecular formula is C16H19FN2O. The molecule has 1 N–H and O–H groups in total. The van der Waals surface area contributed by atoms with E-state index in [-0.39, 0.29) is 11.9 Å². The molecule has 0 radical (unpaired) electrons. The average Bonchev–Trinajstić information content (AvgIpc) is 2.42. The number of aryl methyl sites for hydroxylation is 2. The van der Waals surface area contributed by atoms with E-state index in [1.54, 1.807) is 26.4 Å². The number of hydrogen-bond acceptors (Lipinski definition) is 3. The van der Waals surface area contributed by atoms with E-state index in [0.717, 1.165) is 16.7 Å². The highest BCUT2D eigenvalue weighted by Crippen LogP contribution is 2.32. The van der Waals surface area contributed by atoms with Crippen LogP contribution in [0.25, 0.3) is 0 Å². The molecule has 0 amide bonds. The smallest absolute Gasteiger partial charge is 0.218 e. The topological polar surface area (TPSA) is 34.2 Å². The first-order chi connectivity index (χ1) is 9.58. The van der Waals surface area contributed by atoms with Gasteiger partial charge >= 0.3 is 0 Å². The molecule has 0 aliphatic rings. The summed E-state index contributed by atoms with van der Waals surface area (Å²) in [5.41, 5.74) is 3.28. The van der Waals surface area contributed by atoms with Crippen molar-refractivity contribution < 1.29 is 9.13 Å². The van der Waals surface area contributed by atoms with Gasteiger partial charge in [-0.3, -0.25) is 0 Å². The van der Waals surface area contributed by atoms with Crippen molar-refractivity contribution in [2.75, 3.05) is 14.2 Å². The van der Waals surface area contributed by atoms with Crippen molar-refractivity contribution in [3.8, 4) is 5.88 Å². The van der Waals surface area contributed by atoms with Crippen molar-refractivity contribution in [1.82, 2.24) is 10.3 Å². The quantitative estimate of drug-likeness (QED) is 0.930. The Labute approximate surface area is 118 Å². The Balaban J connectivity index is 2.59. The zero-order valence-corrected chi connectivity index (χ0v) is 12.2. The molecule has 20 heavy (non-hydrogen) atoms. The summed E-state index contributed by atoms with van der Waals surface area (Å²) in [5.74, 6) is 0.291. The Bertz CT molecular complexity index is 590. The summed E-state index contributed by atoms with van der Waals surface area (Å²) in [7, 11) is 3.37. The van der Waals surface area contributed by atoms with E-state index in [1.807, 2.05) is 32.0 Å². The fraction of sp³-hybridized carbons (Fsp3) is 0.312. The molecule has 106 valence electrons. The van der Waals surface area contributed by atoms with Crippen molar-refractivity contribution in [3.05, 3.63) is 58.5 Å². The third-order valence-corrected chi connectivity index (χ3v) is 3.36. The van der Waals surface area contributed by atoms with Crippen molar-refractivity contribution in [1.29, 1.82) is 0 Å². The summed E-state index contributed by atoms with van der Waals surface area (Å²) in [6, 6.07) is 6.95. The minimum atomic E-state index is -0.292. The molecular weight excluding hydrogens is 255 g/mol. The number of halogens is 1. The number of ether oxygens (including phenoxy) is 1. The van der Waals surface area contributed by atoms with Crippen LogP contribution in [0.5, 0.6) is 5.88 Å². The molecule has 0 aliphatic carbocycles. The second-order valence-corrected chi connectivity index (χ2v) is 4.80. The lowest BCUT2D eigenvalue weighted by Crippen LogP contribution is -2.21. The highest BCUT2D eigenvalue weighted by atomic mass is 19.1. The van der Waals surface area contributed by atoms with Crippen LogP contribution in [0.1, 0.15) is 28.3 Å². The Hall–Kier alpha value is -1.94. The molecule has 4 heteroatoms. The Morgan fingerprint density at radius 2 is 2.05 bits per heavy atom. The lowest BCUT2D eigenvalue weighted by Gasteiger charge is -2.21. The third-order valence-electron chi connectivity index (χ3n) is 3.36. The van der Waals surface area contributed by atoms with Crippen molar-refractivity contribution in [2.45, 2.75) is 19.9 Å². The second-order valence-electron chi connectivity index (χ2n) is 4.80. The average molecular weight is 274 g/mol. The Kier molecular flexibility index (Phi) is 4.35. The summed E-state index contributed by atoms with van der Waals surface area (Å²) in [6.07, 6.45) is 1.66. The molecule has 0 fully saturated rings. The maximum Gasteiger partial charge on any atom is 0.218 e. The predicted octanol–water partition coefficient (Wildman–Crippen LogP) is 3.15. The first kappa shape index (κ1) is 14.5. The van der Waals surface area contributed by atoms with E-state index in [9.17, 15) is 4.39 Å². The van der Waals surface area contributed by atoms with Gasteiger partial charge in [-0.05, 0) is 44.2 Å². The minimum absolute atomic E-state index is 0.215. The summed E-state index contributed by atoms with van der Waals surface area (Å²) >= 11 is 0. The van der Waals surface area contributed by atoms with Crippen LogP contribution in [0, 0.1) is 19.7 Å². The van der Waals surface area contributed by atoms with E-state index >= 15 is 0 Å². The summed E-state index contributed by atoms with van der Waals surface area (Å²) in [4.78, 5) is 4.18. The van der Waals surface area contributed by atoms with Crippen LogP contribution in [-0.2, 0) is 0 Å². The molecule has 0 bridgehead atoms. The Morgan fingerprint density at radius 3 is 2.65 bits per heavy atom. The van der Waals surface area contributed by atoms with Crippen LogP contribution >= 0.6 is 0 Å². The first-order valence-corrected chi connectivity index (χ1v) is 6.51. The van der Waals surface area contributed by atoms with E-state index in [1.165, 1.54) is 0 Å². The number of rotatable bonds is 4. The predicted molar refractivity (Wildman–Crippen MR) is 77.6 cm³/mol. The SMILES string of the molecule is CNC(c1cccnc1OC)c1c(C)cc(C)cc1F. The van der Waals surface area contributed by atoms with Gasteiger partial charge in [-0.25, -0.2) is 9.37 Å². The van der Waals surface area contributed by atoms with Gasteiger partial charge in [-0.1, -0.05) is 12.1 Å². The molecule has 1 unspecified atom stereocenters. The molecule has 2 rings (SSSR count). The van der Waals surface area contributed by atoms with Crippen molar-refractivity contribution >= 4 is 0 Å². The molecule has 3 nitrogen and oxygen atoms in total. The first-order valence-electron chi connectivity index (χ1n) is 6.51. The molecule has 1 aromatic carbocycles. The van der Waals surface area contributed by atoms with Crippen LogP contribution in [0.15, 0.2) is 30.5 Å². The molecule has 1 heterocycles. The fourth-order valence-corrected chi connectivity index (χ4v) is 2.54. The minimum Gasteiger partial charge on any atom is -0.481 e. The zero-order chi connectivity index (χ0) is 14.7. The number of benzene rings is 1. The van der Waals surface area contributed by atoms with Gasteiger partial charge < -0.3 is 10.1 Å². The van der Waals surface area contributed by atoms with Crippen molar-refractivity contribution in [2.24, 2.45) is 0 Å². The van der Waals surface area contributed by atoms with Gasteiger partial charge in [0.2, 0.25) is 5.88 Å². The summed E-state index contributed by atoms with van der Waals surface area (Å²) in [5, 5.41) is 3.15. The van der Waals surface area contributed by atoms with E-state index in [2.05, 4.69) is 10.3 Å². The summed E-state index contributed by atoms with van der Waals surface area (Å²) in [6.45, 7) is 3.80. The van der Waals surface area contributed by atoms with Crippen LogP contribution in [0.2, 0.25) is 0 Å². The monoisotopic (exact) mass is 274 g/mol. The molecule has 0 spiro atoms. The van der Waals surface area contributed by atoms with Gasteiger partial charge in [0.1, 0.15) is 5.82 Å². The molecule has 1 atom stereocenters. The molecule has 1 aromatic heterocycles. The largest absolute Gasteiger partial charge is 0.481 e. The molecule has 0 saturated heterocycles. The van der Waals surface area contributed by atoms with Gasteiger partial charge in [0.05, 0.1) is 13.2 Å². The maximum atomic E-state index is 14.4. The van der Waals surface area contributed by atoms with Crippen LogP contribution in [-0.4, -0.2) is 19.1 Å². The van der Waals surface area contributed by atoms with Gasteiger partial charge in [0, 0.05) is 17.3 Å². The maximum absolute atomic E-state index is 14.4. The van der Waals surface area contributed by atoms with Crippen LogP contribution < -0.4 is 10.1 Å². The third kappa shape index (κ3) is 2.65. The lowest BCUT2D eigenvalue weighted by molar-refractivity contribution is 0.387. The molecule has 0 saturated carbocycles. The van der Waals surface area contributed by atoms with E-state index in [4.69, 9.17) is 4.74 Å². The van der Waals surface area contributed by atoms with Crippen LogP contribution in [0.4, 0.5) is 4.39 Å². The second kappa shape index (κ2) is 6.01. The number of methoxy groups -OCH3 is 1. The number of nitrogens with zero attached hydrogens (tertiary/aromatic N) is 1. The number of hydrogen-bond donors (Lipinski definition) is 1. The van der Waals surface area contributed by atoms with Crippen LogP contribution in [0.3, 0.4) is 0 Å². The van der Waals surface area contributed by atoms with E-state index < -0.39 is 0 Å². The lowest BCUT2D eigenvalue weighted by atomic mass is 9.94. The number of pyridine rings is 1. The molecule has 0 aliphatic heterocycles. The highest BCUT2D eigenvalue weighted by molar-refractivity contribution is 5.42. The van der Waals surface area contributed by atoms with Gasteiger partial charge in [0.25, 0.3) is 0 Å². The van der Waals surface area contributed by atoms with Crippen molar-refractivity contribution in [3.63, 3.8) is 0 Å². The van der Waals surface area contributed by atoms with Gasteiger partial charge in [-0.2, -0.15) is 0 Å². The van der Waals surface area contributed by atoms with Gasteiger partial charge in [0.15, 0.2) is 0 Å². The van der Waals surface area contributed by atoms with Gasteiger partial charge in [-0.15, -0.1) is 0 Å². The number of nitrogens with one attached hydrogen (secondary N) is 1. The Morgan fingerprint density at radius 1 is 1.30 bits per heavy atom.